The molecular weight excluding hydrogens is 252 g/mol. The Hall–Kier alpha value is -1.55. The van der Waals surface area contributed by atoms with E-state index in [0.29, 0.717) is 6.54 Å². The average Bonchev–Trinajstić information content (AvgIpc) is 3.11. The Kier molecular flexibility index (Phi) is 3.66. The van der Waals surface area contributed by atoms with Crippen LogP contribution in [0.4, 0.5) is 0 Å². The molecule has 1 aromatic rings. The van der Waals surface area contributed by atoms with Gasteiger partial charge >= 0.3 is 0 Å². The van der Waals surface area contributed by atoms with E-state index in [1.54, 1.807) is 0 Å². The molecule has 2 aliphatic rings. The van der Waals surface area contributed by atoms with Gasteiger partial charge in [-0.3, -0.25) is 4.79 Å². The summed E-state index contributed by atoms with van der Waals surface area (Å²) < 4.78 is 5.86. The molecule has 2 aliphatic heterocycles. The average molecular weight is 274 g/mol. The third kappa shape index (κ3) is 2.40. The van der Waals surface area contributed by atoms with Gasteiger partial charge in [0.2, 0.25) is 5.91 Å². The molecule has 2 N–H and O–H groups in total. The lowest BCUT2D eigenvalue weighted by molar-refractivity contribution is -0.130. The first-order valence-electron chi connectivity index (χ1n) is 7.47. The zero-order chi connectivity index (χ0) is 14.0. The van der Waals surface area contributed by atoms with Crippen molar-refractivity contribution in [2.45, 2.75) is 32.3 Å². The van der Waals surface area contributed by atoms with E-state index in [2.05, 4.69) is 23.6 Å². The summed E-state index contributed by atoms with van der Waals surface area (Å²) in [5.41, 5.74) is 1.02. The number of fused-ring (bicyclic) bond motifs is 1. The van der Waals surface area contributed by atoms with Gasteiger partial charge < -0.3 is 15.4 Å². The molecule has 2 unspecified atom stereocenters. The third-order valence-electron chi connectivity index (χ3n) is 4.61. The van der Waals surface area contributed by atoms with Gasteiger partial charge in [0.05, 0.1) is 12.0 Å². The topological polar surface area (TPSA) is 50.4 Å². The van der Waals surface area contributed by atoms with Gasteiger partial charge in [0.15, 0.2) is 0 Å². The van der Waals surface area contributed by atoms with Gasteiger partial charge in [0, 0.05) is 13.0 Å². The summed E-state index contributed by atoms with van der Waals surface area (Å²) in [6.07, 6.45) is 2.77. The maximum atomic E-state index is 12.4. The summed E-state index contributed by atoms with van der Waals surface area (Å²) >= 11 is 0. The number of rotatable bonds is 4. The zero-order valence-electron chi connectivity index (χ0n) is 11.9. The minimum absolute atomic E-state index is 0.0691. The molecule has 4 heteroatoms. The molecule has 4 nitrogen and oxygen atoms in total. The smallest absolute Gasteiger partial charge is 0.227 e. The Labute approximate surface area is 119 Å². The molecule has 108 valence electrons. The van der Waals surface area contributed by atoms with Crippen molar-refractivity contribution >= 4 is 5.91 Å². The Balaban J connectivity index is 1.55. The molecule has 2 heterocycles. The summed E-state index contributed by atoms with van der Waals surface area (Å²) in [7, 11) is 0. The van der Waals surface area contributed by atoms with Gasteiger partial charge in [-0.2, -0.15) is 0 Å². The number of hydrogen-bond acceptors (Lipinski definition) is 3. The van der Waals surface area contributed by atoms with E-state index in [1.165, 1.54) is 5.56 Å². The van der Waals surface area contributed by atoms with Crippen LogP contribution in [0.1, 0.15) is 25.3 Å². The van der Waals surface area contributed by atoms with Crippen LogP contribution in [0.15, 0.2) is 24.3 Å². The van der Waals surface area contributed by atoms with Crippen LogP contribution in [0, 0.1) is 5.41 Å². The van der Waals surface area contributed by atoms with E-state index >= 15 is 0 Å². The van der Waals surface area contributed by atoms with E-state index in [0.717, 1.165) is 38.1 Å². The van der Waals surface area contributed by atoms with Gasteiger partial charge in [-0.05, 0) is 31.0 Å². The Morgan fingerprint density at radius 1 is 1.50 bits per heavy atom. The molecule has 1 aromatic carbocycles. The molecule has 0 aromatic heterocycles. The summed E-state index contributed by atoms with van der Waals surface area (Å²) in [6.45, 7) is 4.41. The second kappa shape index (κ2) is 5.44. The van der Waals surface area contributed by atoms with Crippen LogP contribution in [0.2, 0.25) is 0 Å². The Bertz CT molecular complexity index is 470. The lowest BCUT2D eigenvalue weighted by atomic mass is 9.83. The number of ether oxygens (including phenoxy) is 1. The second-order valence-corrected chi connectivity index (χ2v) is 5.82. The highest BCUT2D eigenvalue weighted by atomic mass is 16.5. The van der Waals surface area contributed by atoms with Gasteiger partial charge in [0.1, 0.15) is 11.9 Å². The third-order valence-corrected chi connectivity index (χ3v) is 4.61. The van der Waals surface area contributed by atoms with E-state index in [-0.39, 0.29) is 17.4 Å². The van der Waals surface area contributed by atoms with E-state index in [1.807, 2.05) is 18.2 Å². The lowest BCUT2D eigenvalue weighted by Gasteiger charge is -2.26. The Morgan fingerprint density at radius 3 is 3.05 bits per heavy atom. The monoisotopic (exact) mass is 274 g/mol. The first kappa shape index (κ1) is 13.4. The highest BCUT2D eigenvalue weighted by Crippen LogP contribution is 2.30. The van der Waals surface area contributed by atoms with E-state index in [4.69, 9.17) is 4.74 Å². The molecular formula is C16H22N2O2. The fourth-order valence-corrected chi connectivity index (χ4v) is 3.16. The lowest BCUT2D eigenvalue weighted by Crippen LogP contribution is -2.45. The van der Waals surface area contributed by atoms with E-state index < -0.39 is 0 Å². The van der Waals surface area contributed by atoms with Crippen molar-refractivity contribution in [1.82, 2.24) is 10.6 Å². The number of hydrogen-bond donors (Lipinski definition) is 2. The molecule has 0 radical (unpaired) electrons. The minimum Gasteiger partial charge on any atom is -0.488 e. The maximum absolute atomic E-state index is 12.4. The molecule has 1 amide bonds. The normalized spacial score (nSPS) is 27.9. The highest BCUT2D eigenvalue weighted by molar-refractivity contribution is 5.83. The minimum atomic E-state index is -0.217. The van der Waals surface area contributed by atoms with Crippen molar-refractivity contribution in [3.63, 3.8) is 0 Å². The molecule has 0 saturated carbocycles. The van der Waals surface area contributed by atoms with Gasteiger partial charge in [0.25, 0.3) is 0 Å². The van der Waals surface area contributed by atoms with Crippen LogP contribution < -0.4 is 15.4 Å². The molecule has 3 rings (SSSR count). The van der Waals surface area contributed by atoms with Crippen molar-refractivity contribution in [3.05, 3.63) is 29.8 Å². The fourth-order valence-electron chi connectivity index (χ4n) is 3.16. The van der Waals surface area contributed by atoms with Crippen LogP contribution in [-0.2, 0) is 11.2 Å². The molecule has 20 heavy (non-hydrogen) atoms. The first-order chi connectivity index (χ1) is 9.73. The fraction of sp³-hybridized carbons (Fsp3) is 0.562. The van der Waals surface area contributed by atoms with Crippen LogP contribution >= 0.6 is 0 Å². The first-order valence-corrected chi connectivity index (χ1v) is 7.47. The SMILES string of the molecule is CCC1(C(=O)NCC2Cc3ccccc3O2)CCNC1. The van der Waals surface area contributed by atoms with Crippen molar-refractivity contribution in [2.24, 2.45) is 5.41 Å². The van der Waals surface area contributed by atoms with Crippen molar-refractivity contribution in [2.75, 3.05) is 19.6 Å². The standard InChI is InChI=1S/C16H22N2O2/c1-2-16(7-8-17-11-16)15(19)18-10-13-9-12-5-3-4-6-14(12)20-13/h3-6,13,17H,2,7-11H2,1H3,(H,18,19). The van der Waals surface area contributed by atoms with Crippen LogP contribution in [0.5, 0.6) is 5.75 Å². The molecule has 2 atom stereocenters. The largest absolute Gasteiger partial charge is 0.488 e. The molecule has 1 fully saturated rings. The van der Waals surface area contributed by atoms with Crippen LogP contribution in [0.25, 0.3) is 0 Å². The second-order valence-electron chi connectivity index (χ2n) is 5.82. The number of carbonyl (C=O) groups excluding carboxylic acids is 1. The summed E-state index contributed by atoms with van der Waals surface area (Å²) in [5, 5.41) is 6.38. The predicted molar refractivity (Wildman–Crippen MR) is 77.8 cm³/mol. The van der Waals surface area contributed by atoms with Crippen molar-refractivity contribution < 1.29 is 9.53 Å². The highest BCUT2D eigenvalue weighted by Gasteiger charge is 2.39. The predicted octanol–water partition coefficient (Wildman–Crippen LogP) is 1.50. The van der Waals surface area contributed by atoms with Crippen molar-refractivity contribution in [1.29, 1.82) is 0 Å². The molecule has 0 bridgehead atoms. The summed E-state index contributed by atoms with van der Waals surface area (Å²) in [5.74, 6) is 1.13. The van der Waals surface area contributed by atoms with Gasteiger partial charge in [-0.15, -0.1) is 0 Å². The number of amides is 1. The zero-order valence-corrected chi connectivity index (χ0v) is 11.9. The number of carbonyl (C=O) groups is 1. The van der Waals surface area contributed by atoms with Crippen LogP contribution in [-0.4, -0.2) is 31.6 Å². The Morgan fingerprint density at radius 2 is 2.35 bits per heavy atom. The molecule has 0 aliphatic carbocycles. The van der Waals surface area contributed by atoms with Gasteiger partial charge in [-0.1, -0.05) is 25.1 Å². The van der Waals surface area contributed by atoms with E-state index in [9.17, 15) is 4.79 Å². The quantitative estimate of drug-likeness (QED) is 0.875. The molecule has 1 saturated heterocycles. The molecule has 0 spiro atoms. The number of nitrogens with one attached hydrogen (secondary N) is 2. The summed E-state index contributed by atoms with van der Waals surface area (Å²) in [4.78, 5) is 12.4. The maximum Gasteiger partial charge on any atom is 0.227 e. The number of benzene rings is 1. The van der Waals surface area contributed by atoms with Gasteiger partial charge in [-0.25, -0.2) is 0 Å². The summed E-state index contributed by atoms with van der Waals surface area (Å²) in [6, 6.07) is 8.09. The van der Waals surface area contributed by atoms with Crippen molar-refractivity contribution in [3.8, 4) is 5.75 Å². The number of para-hydroxylation sites is 1. The van der Waals surface area contributed by atoms with Crippen LogP contribution in [0.3, 0.4) is 0 Å².